The van der Waals surface area contributed by atoms with Crippen LogP contribution >= 0.6 is 0 Å². The molecule has 3 aromatic heterocycles. The van der Waals surface area contributed by atoms with E-state index in [0.717, 1.165) is 22.5 Å². The molecule has 0 radical (unpaired) electrons. The third-order valence-electron chi connectivity index (χ3n) is 9.49. The second kappa shape index (κ2) is 9.65. The van der Waals surface area contributed by atoms with Crippen molar-refractivity contribution in [1.82, 2.24) is 14.1 Å². The van der Waals surface area contributed by atoms with Gasteiger partial charge in [-0.1, -0.05) is 109 Å². The van der Waals surface area contributed by atoms with E-state index in [1.165, 1.54) is 65.5 Å². The third kappa shape index (κ3) is 3.51. The molecule has 10 aromatic rings. The molecule has 3 heterocycles. The lowest BCUT2D eigenvalue weighted by Gasteiger charge is -2.12. The average molecular weight is 586 g/mol. The first-order chi connectivity index (χ1) is 22.8. The van der Waals surface area contributed by atoms with Crippen molar-refractivity contribution in [2.75, 3.05) is 0 Å². The Kier molecular flexibility index (Phi) is 5.28. The number of para-hydroxylation sites is 4. The quantitative estimate of drug-likeness (QED) is 0.189. The molecule has 0 unspecified atom stereocenters. The molecule has 10 rings (SSSR count). The molecule has 0 aliphatic heterocycles. The summed E-state index contributed by atoms with van der Waals surface area (Å²) in [4.78, 5) is 5.22. The lowest BCUT2D eigenvalue weighted by Crippen LogP contribution is -1.96. The number of aromatic nitrogens is 3. The minimum Gasteiger partial charge on any atom is -0.309 e. The Balaban J connectivity index is 1.28. The first-order valence-electron chi connectivity index (χ1n) is 15.7. The molecule has 7 aromatic carbocycles. The molecule has 0 aliphatic carbocycles. The zero-order valence-corrected chi connectivity index (χ0v) is 24.9. The molecule has 0 bridgehead atoms. The van der Waals surface area contributed by atoms with Crippen LogP contribution in [-0.4, -0.2) is 14.1 Å². The molecule has 0 saturated heterocycles. The minimum atomic E-state index is 1.01. The normalized spacial score (nSPS) is 11.9. The molecular weight excluding hydrogens is 558 g/mol. The Labute approximate surface area is 265 Å². The maximum Gasteiger partial charge on any atom is 0.0788 e. The Hall–Kier alpha value is -6.19. The van der Waals surface area contributed by atoms with Gasteiger partial charge in [0.2, 0.25) is 0 Å². The summed E-state index contributed by atoms with van der Waals surface area (Å²) in [6, 6.07) is 58.8. The van der Waals surface area contributed by atoms with Gasteiger partial charge in [0.05, 0.1) is 39.0 Å². The number of fused-ring (bicyclic) bond motifs is 9. The standard InChI is InChI=1S/C43H27N3/c1-2-13-29(14-3-1)45-38-22-11-8-19-34(38)42-40(45)23-12-24-41(42)46-37-21-10-7-17-32(37)35-27-28(25-26-39(35)46)43-33-18-5-4-15-30(33)31-16-6-9-20-36(31)44-43/h1-27H. The Morgan fingerprint density at radius 2 is 0.978 bits per heavy atom. The van der Waals surface area contributed by atoms with Crippen molar-refractivity contribution in [2.24, 2.45) is 0 Å². The maximum absolute atomic E-state index is 5.22. The van der Waals surface area contributed by atoms with Crippen LogP contribution in [0.4, 0.5) is 0 Å². The number of nitrogens with zero attached hydrogens (tertiary/aromatic N) is 3. The van der Waals surface area contributed by atoms with E-state index in [9.17, 15) is 0 Å². The van der Waals surface area contributed by atoms with Gasteiger partial charge in [0.1, 0.15) is 0 Å². The van der Waals surface area contributed by atoms with Gasteiger partial charge < -0.3 is 9.13 Å². The molecule has 46 heavy (non-hydrogen) atoms. The smallest absolute Gasteiger partial charge is 0.0788 e. The maximum atomic E-state index is 5.22. The second-order valence-corrected chi connectivity index (χ2v) is 12.0. The zero-order chi connectivity index (χ0) is 30.2. The van der Waals surface area contributed by atoms with Crippen molar-refractivity contribution < 1.29 is 0 Å². The van der Waals surface area contributed by atoms with E-state index in [4.69, 9.17) is 4.98 Å². The largest absolute Gasteiger partial charge is 0.309 e. The van der Waals surface area contributed by atoms with E-state index in [1.807, 2.05) is 0 Å². The Morgan fingerprint density at radius 3 is 1.80 bits per heavy atom. The van der Waals surface area contributed by atoms with E-state index in [1.54, 1.807) is 0 Å². The monoisotopic (exact) mass is 585 g/mol. The van der Waals surface area contributed by atoms with Crippen LogP contribution < -0.4 is 0 Å². The first kappa shape index (κ1) is 25.2. The van der Waals surface area contributed by atoms with Gasteiger partial charge in [0.25, 0.3) is 0 Å². The van der Waals surface area contributed by atoms with Crippen LogP contribution in [0, 0.1) is 0 Å². The van der Waals surface area contributed by atoms with Crippen molar-refractivity contribution in [3.05, 3.63) is 164 Å². The molecule has 0 saturated carbocycles. The van der Waals surface area contributed by atoms with Crippen molar-refractivity contribution in [2.45, 2.75) is 0 Å². The highest BCUT2D eigenvalue weighted by molar-refractivity contribution is 6.17. The summed E-state index contributed by atoms with van der Waals surface area (Å²) in [6.07, 6.45) is 0. The molecular formula is C43H27N3. The SMILES string of the molecule is c1ccc(-n2c3ccccc3c3c(-n4c5ccccc5c5cc(-c6nc7ccccc7c7ccccc67)ccc54)cccc32)cc1. The van der Waals surface area contributed by atoms with E-state index in [2.05, 4.69) is 173 Å². The highest BCUT2D eigenvalue weighted by atomic mass is 15.0. The predicted molar refractivity (Wildman–Crippen MR) is 193 cm³/mol. The van der Waals surface area contributed by atoms with Crippen LogP contribution in [0.2, 0.25) is 0 Å². The molecule has 0 atom stereocenters. The average Bonchev–Trinajstić information content (AvgIpc) is 3.64. The fraction of sp³-hybridized carbons (Fsp3) is 0. The molecule has 0 spiro atoms. The molecule has 0 fully saturated rings. The van der Waals surface area contributed by atoms with Gasteiger partial charge in [-0.3, -0.25) is 0 Å². The summed E-state index contributed by atoms with van der Waals surface area (Å²) in [5.41, 5.74) is 10.3. The number of pyridine rings is 1. The molecule has 214 valence electrons. The Bertz CT molecular complexity index is 2800. The summed E-state index contributed by atoms with van der Waals surface area (Å²) < 4.78 is 4.83. The lowest BCUT2D eigenvalue weighted by atomic mass is 9.99. The summed E-state index contributed by atoms with van der Waals surface area (Å²) in [7, 11) is 0. The van der Waals surface area contributed by atoms with E-state index in [0.29, 0.717) is 0 Å². The summed E-state index contributed by atoms with van der Waals surface area (Å²) in [5, 5.41) is 8.52. The zero-order valence-electron chi connectivity index (χ0n) is 24.9. The minimum absolute atomic E-state index is 1.01. The van der Waals surface area contributed by atoms with Crippen molar-refractivity contribution in [1.29, 1.82) is 0 Å². The van der Waals surface area contributed by atoms with Crippen LogP contribution in [0.3, 0.4) is 0 Å². The van der Waals surface area contributed by atoms with Crippen LogP contribution in [-0.2, 0) is 0 Å². The number of benzene rings is 7. The summed E-state index contributed by atoms with van der Waals surface area (Å²) in [5.74, 6) is 0. The van der Waals surface area contributed by atoms with Crippen molar-refractivity contribution >= 4 is 65.3 Å². The number of hydrogen-bond donors (Lipinski definition) is 0. The van der Waals surface area contributed by atoms with E-state index < -0.39 is 0 Å². The molecule has 0 amide bonds. The molecule has 0 aliphatic rings. The van der Waals surface area contributed by atoms with Gasteiger partial charge in [0, 0.05) is 43.6 Å². The van der Waals surface area contributed by atoms with Gasteiger partial charge in [-0.15, -0.1) is 0 Å². The molecule has 0 N–H and O–H groups in total. The van der Waals surface area contributed by atoms with Crippen LogP contribution in [0.15, 0.2) is 164 Å². The summed E-state index contributed by atoms with van der Waals surface area (Å²) >= 11 is 0. The highest BCUT2D eigenvalue weighted by Crippen LogP contribution is 2.41. The van der Waals surface area contributed by atoms with Crippen LogP contribution in [0.5, 0.6) is 0 Å². The first-order valence-corrected chi connectivity index (χ1v) is 15.7. The van der Waals surface area contributed by atoms with Gasteiger partial charge in [-0.25, -0.2) is 4.98 Å². The predicted octanol–water partition coefficient (Wildman–Crippen LogP) is 11.2. The van der Waals surface area contributed by atoms with Crippen LogP contribution in [0.25, 0.3) is 87.9 Å². The van der Waals surface area contributed by atoms with Gasteiger partial charge in [0.15, 0.2) is 0 Å². The third-order valence-corrected chi connectivity index (χ3v) is 9.49. The topological polar surface area (TPSA) is 22.8 Å². The fourth-order valence-electron chi connectivity index (χ4n) is 7.55. The molecule has 3 nitrogen and oxygen atoms in total. The lowest BCUT2D eigenvalue weighted by molar-refractivity contribution is 1.17. The molecule has 3 heteroatoms. The van der Waals surface area contributed by atoms with Gasteiger partial charge >= 0.3 is 0 Å². The van der Waals surface area contributed by atoms with E-state index >= 15 is 0 Å². The van der Waals surface area contributed by atoms with Crippen molar-refractivity contribution in [3.8, 4) is 22.6 Å². The highest BCUT2D eigenvalue weighted by Gasteiger charge is 2.20. The van der Waals surface area contributed by atoms with Gasteiger partial charge in [-0.2, -0.15) is 0 Å². The fourth-order valence-corrected chi connectivity index (χ4v) is 7.55. The summed E-state index contributed by atoms with van der Waals surface area (Å²) in [6.45, 7) is 0. The number of hydrogen-bond acceptors (Lipinski definition) is 1. The second-order valence-electron chi connectivity index (χ2n) is 12.0. The van der Waals surface area contributed by atoms with E-state index in [-0.39, 0.29) is 0 Å². The number of rotatable bonds is 3. The van der Waals surface area contributed by atoms with Crippen LogP contribution in [0.1, 0.15) is 0 Å². The van der Waals surface area contributed by atoms with Crippen molar-refractivity contribution in [3.63, 3.8) is 0 Å². The Morgan fingerprint density at radius 1 is 0.370 bits per heavy atom. The van der Waals surface area contributed by atoms with Gasteiger partial charge in [-0.05, 0) is 60.0 Å².